The number of carbonyl (C=O) groups excluding carboxylic acids is 1. The molecule has 0 unspecified atom stereocenters. The standard InChI is InChI=1S/C34H66O2/c1-3-5-7-9-11-13-15-17-18-19-20-22-24-26-28-30-32-34(35)36-33-31-29-27-25-23-21-16-14-12-10-8-6-4-2/h14,16H,3-13,15,17-33H2,1-2H3/b16-14-. The molecule has 0 aromatic rings. The largest absolute Gasteiger partial charge is 0.466 e. The first kappa shape index (κ1) is 35.2. The Balaban J connectivity index is 3.18. The van der Waals surface area contributed by atoms with Crippen LogP contribution in [0.15, 0.2) is 12.2 Å². The molecule has 0 saturated heterocycles. The molecule has 2 heteroatoms. The van der Waals surface area contributed by atoms with Gasteiger partial charge in [-0.25, -0.2) is 0 Å². The Labute approximate surface area is 227 Å². The number of hydrogen-bond acceptors (Lipinski definition) is 2. The molecule has 0 heterocycles. The van der Waals surface area contributed by atoms with E-state index in [0.29, 0.717) is 13.0 Å². The summed E-state index contributed by atoms with van der Waals surface area (Å²) in [6, 6.07) is 0. The lowest BCUT2D eigenvalue weighted by Gasteiger charge is -2.05. The first-order valence-electron chi connectivity index (χ1n) is 16.6. The van der Waals surface area contributed by atoms with E-state index in [2.05, 4.69) is 26.0 Å². The number of unbranched alkanes of at least 4 members (excludes halogenated alkanes) is 24. The molecule has 36 heavy (non-hydrogen) atoms. The van der Waals surface area contributed by atoms with Gasteiger partial charge < -0.3 is 4.74 Å². The molecule has 0 aliphatic carbocycles. The van der Waals surface area contributed by atoms with Crippen LogP contribution in [0.25, 0.3) is 0 Å². The molecule has 2 nitrogen and oxygen atoms in total. The van der Waals surface area contributed by atoms with Crippen LogP contribution in [0.1, 0.15) is 194 Å². The molecule has 0 N–H and O–H groups in total. The zero-order valence-electron chi connectivity index (χ0n) is 25.0. The van der Waals surface area contributed by atoms with E-state index >= 15 is 0 Å². The topological polar surface area (TPSA) is 26.3 Å². The molecule has 0 rings (SSSR count). The number of ether oxygens (including phenoxy) is 1. The molecule has 0 spiro atoms. The quantitative estimate of drug-likeness (QED) is 0.0550. The summed E-state index contributed by atoms with van der Waals surface area (Å²) in [5.74, 6) is 0.0180. The minimum atomic E-state index is 0.0180. The molecule has 0 aliphatic rings. The third kappa shape index (κ3) is 31.2. The van der Waals surface area contributed by atoms with Gasteiger partial charge in [-0.05, 0) is 38.5 Å². The Hall–Kier alpha value is -0.790. The van der Waals surface area contributed by atoms with Crippen molar-refractivity contribution in [2.45, 2.75) is 194 Å². The van der Waals surface area contributed by atoms with E-state index in [4.69, 9.17) is 4.74 Å². The van der Waals surface area contributed by atoms with Crippen molar-refractivity contribution in [2.75, 3.05) is 6.61 Å². The number of hydrogen-bond donors (Lipinski definition) is 0. The Bertz CT molecular complexity index is 442. The van der Waals surface area contributed by atoms with Crippen LogP contribution in [0.3, 0.4) is 0 Å². The Morgan fingerprint density at radius 1 is 0.444 bits per heavy atom. The minimum Gasteiger partial charge on any atom is -0.466 e. The molecular formula is C34H66O2. The Morgan fingerprint density at radius 2 is 0.778 bits per heavy atom. The highest BCUT2D eigenvalue weighted by Crippen LogP contribution is 2.14. The molecule has 0 amide bonds. The van der Waals surface area contributed by atoms with Gasteiger partial charge in [-0.2, -0.15) is 0 Å². The van der Waals surface area contributed by atoms with Crippen molar-refractivity contribution in [3.63, 3.8) is 0 Å². The molecule has 0 aromatic carbocycles. The van der Waals surface area contributed by atoms with Gasteiger partial charge in [0.2, 0.25) is 0 Å². The van der Waals surface area contributed by atoms with E-state index in [-0.39, 0.29) is 5.97 Å². The van der Waals surface area contributed by atoms with E-state index in [1.54, 1.807) is 0 Å². The Kier molecular flexibility index (Phi) is 31.5. The average molecular weight is 507 g/mol. The lowest BCUT2D eigenvalue weighted by atomic mass is 10.0. The normalized spacial score (nSPS) is 11.5. The molecule has 0 fully saturated rings. The van der Waals surface area contributed by atoms with E-state index in [0.717, 1.165) is 12.8 Å². The predicted octanol–water partition coefficient (Wildman–Crippen LogP) is 12.0. The summed E-state index contributed by atoms with van der Waals surface area (Å²) in [6.07, 6.45) is 41.2. The van der Waals surface area contributed by atoms with E-state index in [1.165, 1.54) is 161 Å². The van der Waals surface area contributed by atoms with Crippen LogP contribution in [0, 0.1) is 0 Å². The highest BCUT2D eigenvalue weighted by molar-refractivity contribution is 5.69. The maximum Gasteiger partial charge on any atom is 0.305 e. The van der Waals surface area contributed by atoms with Crippen molar-refractivity contribution >= 4 is 5.97 Å². The third-order valence-corrected chi connectivity index (χ3v) is 7.40. The van der Waals surface area contributed by atoms with Crippen molar-refractivity contribution in [3.8, 4) is 0 Å². The number of carbonyl (C=O) groups is 1. The number of allylic oxidation sites excluding steroid dienone is 2. The average Bonchev–Trinajstić information content (AvgIpc) is 2.88. The highest BCUT2D eigenvalue weighted by atomic mass is 16.5. The van der Waals surface area contributed by atoms with Crippen molar-refractivity contribution < 1.29 is 9.53 Å². The van der Waals surface area contributed by atoms with Gasteiger partial charge in [0.05, 0.1) is 6.61 Å². The second-order valence-electron chi connectivity index (χ2n) is 11.2. The van der Waals surface area contributed by atoms with Crippen LogP contribution >= 0.6 is 0 Å². The van der Waals surface area contributed by atoms with Gasteiger partial charge in [0.15, 0.2) is 0 Å². The minimum absolute atomic E-state index is 0.0180. The van der Waals surface area contributed by atoms with E-state index < -0.39 is 0 Å². The summed E-state index contributed by atoms with van der Waals surface area (Å²) in [6.45, 7) is 5.18. The molecule has 0 saturated carbocycles. The summed E-state index contributed by atoms with van der Waals surface area (Å²) in [5.41, 5.74) is 0. The molecule has 0 aromatic heterocycles. The second kappa shape index (κ2) is 32.2. The fraction of sp³-hybridized carbons (Fsp3) is 0.912. The van der Waals surface area contributed by atoms with Crippen LogP contribution in [-0.2, 0) is 9.53 Å². The van der Waals surface area contributed by atoms with Crippen LogP contribution in [-0.4, -0.2) is 12.6 Å². The van der Waals surface area contributed by atoms with Crippen molar-refractivity contribution in [1.29, 1.82) is 0 Å². The third-order valence-electron chi connectivity index (χ3n) is 7.40. The molecule has 0 atom stereocenters. The van der Waals surface area contributed by atoms with Crippen LogP contribution in [0.2, 0.25) is 0 Å². The van der Waals surface area contributed by atoms with Crippen LogP contribution in [0.4, 0.5) is 0 Å². The molecule has 0 bridgehead atoms. The van der Waals surface area contributed by atoms with Gasteiger partial charge in [0, 0.05) is 6.42 Å². The van der Waals surface area contributed by atoms with E-state index in [1.807, 2.05) is 0 Å². The summed E-state index contributed by atoms with van der Waals surface area (Å²) in [7, 11) is 0. The number of esters is 1. The van der Waals surface area contributed by atoms with Gasteiger partial charge in [-0.15, -0.1) is 0 Å². The lowest BCUT2D eigenvalue weighted by Crippen LogP contribution is -2.05. The monoisotopic (exact) mass is 507 g/mol. The highest BCUT2D eigenvalue weighted by Gasteiger charge is 2.02. The Morgan fingerprint density at radius 3 is 1.22 bits per heavy atom. The second-order valence-corrected chi connectivity index (χ2v) is 11.2. The first-order valence-corrected chi connectivity index (χ1v) is 16.6. The summed E-state index contributed by atoms with van der Waals surface area (Å²) in [4.78, 5) is 11.9. The van der Waals surface area contributed by atoms with Crippen molar-refractivity contribution in [2.24, 2.45) is 0 Å². The van der Waals surface area contributed by atoms with Crippen molar-refractivity contribution in [3.05, 3.63) is 12.2 Å². The summed E-state index contributed by atoms with van der Waals surface area (Å²) in [5, 5.41) is 0. The molecule has 214 valence electrons. The smallest absolute Gasteiger partial charge is 0.305 e. The van der Waals surface area contributed by atoms with Gasteiger partial charge >= 0.3 is 5.97 Å². The first-order chi connectivity index (χ1) is 17.8. The zero-order valence-corrected chi connectivity index (χ0v) is 25.0. The maximum atomic E-state index is 11.9. The van der Waals surface area contributed by atoms with Crippen LogP contribution in [0.5, 0.6) is 0 Å². The summed E-state index contributed by atoms with van der Waals surface area (Å²) < 4.78 is 5.42. The fourth-order valence-electron chi connectivity index (χ4n) is 4.89. The van der Waals surface area contributed by atoms with Gasteiger partial charge in [-0.3, -0.25) is 4.79 Å². The lowest BCUT2D eigenvalue weighted by molar-refractivity contribution is -0.143. The fourth-order valence-corrected chi connectivity index (χ4v) is 4.89. The zero-order chi connectivity index (χ0) is 26.2. The maximum absolute atomic E-state index is 11.9. The van der Waals surface area contributed by atoms with Crippen molar-refractivity contribution in [1.82, 2.24) is 0 Å². The number of rotatable bonds is 30. The van der Waals surface area contributed by atoms with Crippen LogP contribution < -0.4 is 0 Å². The molecule has 0 radical (unpaired) electrons. The SMILES string of the molecule is CCCCCC/C=C\CCCCCCCOC(=O)CCCCCCCCCCCCCCCCCC. The van der Waals surface area contributed by atoms with Gasteiger partial charge in [-0.1, -0.05) is 161 Å². The van der Waals surface area contributed by atoms with E-state index in [9.17, 15) is 4.79 Å². The van der Waals surface area contributed by atoms with Gasteiger partial charge in [0.25, 0.3) is 0 Å². The summed E-state index contributed by atoms with van der Waals surface area (Å²) >= 11 is 0. The van der Waals surface area contributed by atoms with Gasteiger partial charge in [0.1, 0.15) is 0 Å². The molecule has 0 aliphatic heterocycles. The molecular weight excluding hydrogens is 440 g/mol. The predicted molar refractivity (Wildman–Crippen MR) is 161 cm³/mol.